The molecule has 1 aromatic rings. The van der Waals surface area contributed by atoms with E-state index >= 15 is 0 Å². The number of methoxy groups -OCH3 is 2. The van der Waals surface area contributed by atoms with Crippen LogP contribution in [0.2, 0.25) is 0 Å². The molecule has 0 bridgehead atoms. The summed E-state index contributed by atoms with van der Waals surface area (Å²) in [5.74, 6) is -0.835. The number of aliphatic carboxylic acids is 1. The van der Waals surface area contributed by atoms with E-state index in [9.17, 15) is 14.7 Å². The average molecular weight is 321 g/mol. The second-order valence-electron chi connectivity index (χ2n) is 5.40. The molecular weight excluding hydrogens is 298 g/mol. The van der Waals surface area contributed by atoms with Gasteiger partial charge in [-0.15, -0.1) is 6.58 Å². The van der Waals surface area contributed by atoms with E-state index in [0.29, 0.717) is 23.5 Å². The Kier molecular flexibility index (Phi) is 6.63. The van der Waals surface area contributed by atoms with Crippen LogP contribution in [-0.2, 0) is 11.2 Å². The molecule has 0 saturated heterocycles. The molecule has 0 spiro atoms. The summed E-state index contributed by atoms with van der Waals surface area (Å²) in [6.07, 6.45) is 2.18. The van der Waals surface area contributed by atoms with E-state index in [-0.39, 0.29) is 5.92 Å². The van der Waals surface area contributed by atoms with Crippen LogP contribution in [0.15, 0.2) is 24.8 Å². The maximum atomic E-state index is 12.4. The van der Waals surface area contributed by atoms with E-state index in [2.05, 4.69) is 11.9 Å². The monoisotopic (exact) mass is 321 g/mol. The van der Waals surface area contributed by atoms with Gasteiger partial charge in [0.05, 0.1) is 14.2 Å². The van der Waals surface area contributed by atoms with Gasteiger partial charge < -0.3 is 19.9 Å². The zero-order valence-electron chi connectivity index (χ0n) is 13.9. The molecule has 23 heavy (non-hydrogen) atoms. The summed E-state index contributed by atoms with van der Waals surface area (Å²) in [5.41, 5.74) is 1.05. The van der Waals surface area contributed by atoms with Crippen molar-refractivity contribution in [3.8, 4) is 11.5 Å². The van der Waals surface area contributed by atoms with Gasteiger partial charge >= 0.3 is 5.97 Å². The van der Waals surface area contributed by atoms with Gasteiger partial charge in [-0.25, -0.2) is 4.79 Å². The predicted molar refractivity (Wildman–Crippen MR) is 87.2 cm³/mol. The van der Waals surface area contributed by atoms with E-state index < -0.39 is 17.9 Å². The van der Waals surface area contributed by atoms with Gasteiger partial charge in [-0.2, -0.15) is 0 Å². The first-order valence-electron chi connectivity index (χ1n) is 7.25. The lowest BCUT2D eigenvalue weighted by atomic mass is 10.0. The van der Waals surface area contributed by atoms with E-state index in [0.717, 1.165) is 5.56 Å². The number of amides is 1. The van der Waals surface area contributed by atoms with Crippen LogP contribution in [-0.4, -0.2) is 37.2 Å². The summed E-state index contributed by atoms with van der Waals surface area (Å²) in [7, 11) is 2.99. The Hall–Kier alpha value is -2.50. The van der Waals surface area contributed by atoms with Crippen molar-refractivity contribution in [3.05, 3.63) is 35.9 Å². The van der Waals surface area contributed by atoms with Crippen molar-refractivity contribution in [2.24, 2.45) is 5.92 Å². The first-order chi connectivity index (χ1) is 10.8. The number of allylic oxidation sites excluding steroid dienone is 1. The molecule has 1 rings (SSSR count). The van der Waals surface area contributed by atoms with E-state index in [1.165, 1.54) is 20.3 Å². The highest BCUT2D eigenvalue weighted by atomic mass is 16.5. The van der Waals surface area contributed by atoms with Gasteiger partial charge in [0, 0.05) is 11.1 Å². The van der Waals surface area contributed by atoms with Crippen LogP contribution in [0.4, 0.5) is 0 Å². The Labute approximate surface area is 136 Å². The molecular formula is C17H23NO5. The average Bonchev–Trinajstić information content (AvgIpc) is 2.51. The number of rotatable bonds is 8. The fourth-order valence-electron chi connectivity index (χ4n) is 2.22. The minimum absolute atomic E-state index is 0.232. The molecule has 0 aliphatic carbocycles. The highest BCUT2D eigenvalue weighted by molar-refractivity contribution is 5.97. The molecule has 1 amide bonds. The van der Waals surface area contributed by atoms with Crippen LogP contribution in [0.3, 0.4) is 0 Å². The number of carbonyl (C=O) groups excluding carboxylic acids is 1. The Balaban J connectivity index is 3.20. The molecule has 126 valence electrons. The number of ether oxygens (including phenoxy) is 2. The Morgan fingerprint density at radius 2 is 1.96 bits per heavy atom. The zero-order chi connectivity index (χ0) is 17.6. The van der Waals surface area contributed by atoms with Crippen LogP contribution in [0, 0.1) is 5.92 Å². The third-order valence-corrected chi connectivity index (χ3v) is 3.40. The van der Waals surface area contributed by atoms with Gasteiger partial charge in [0.2, 0.25) is 0 Å². The van der Waals surface area contributed by atoms with Crippen molar-refractivity contribution < 1.29 is 24.2 Å². The normalized spacial score (nSPS) is 11.7. The Bertz CT molecular complexity index is 595. The van der Waals surface area contributed by atoms with Gasteiger partial charge in [0.1, 0.15) is 6.04 Å². The fourth-order valence-corrected chi connectivity index (χ4v) is 2.22. The number of benzene rings is 1. The summed E-state index contributed by atoms with van der Waals surface area (Å²) in [4.78, 5) is 23.6. The molecule has 0 fully saturated rings. The molecule has 0 aliphatic rings. The second-order valence-corrected chi connectivity index (χ2v) is 5.40. The Morgan fingerprint density at radius 1 is 1.30 bits per heavy atom. The number of carboxylic acids is 1. The van der Waals surface area contributed by atoms with Gasteiger partial charge in [0.15, 0.2) is 11.5 Å². The molecule has 1 aromatic carbocycles. The van der Waals surface area contributed by atoms with Crippen molar-refractivity contribution in [1.82, 2.24) is 5.32 Å². The first-order valence-corrected chi connectivity index (χ1v) is 7.25. The molecule has 2 N–H and O–H groups in total. The van der Waals surface area contributed by atoms with Crippen LogP contribution in [0.25, 0.3) is 0 Å². The number of carbonyl (C=O) groups is 2. The SMILES string of the molecule is C=CCc1cc(C(=O)NC(C(=O)O)C(C)C)cc(OC)c1OC. The highest BCUT2D eigenvalue weighted by Gasteiger charge is 2.25. The summed E-state index contributed by atoms with van der Waals surface area (Å²) in [6.45, 7) is 7.15. The molecule has 6 nitrogen and oxygen atoms in total. The van der Waals surface area contributed by atoms with Crippen LogP contribution >= 0.6 is 0 Å². The topological polar surface area (TPSA) is 84.9 Å². The van der Waals surface area contributed by atoms with E-state index in [4.69, 9.17) is 9.47 Å². The van der Waals surface area contributed by atoms with Crippen molar-refractivity contribution in [2.45, 2.75) is 26.3 Å². The van der Waals surface area contributed by atoms with Gasteiger partial charge in [0.25, 0.3) is 5.91 Å². The molecule has 0 radical (unpaired) electrons. The first kappa shape index (κ1) is 18.5. The third-order valence-electron chi connectivity index (χ3n) is 3.40. The van der Waals surface area contributed by atoms with Crippen LogP contribution in [0.5, 0.6) is 11.5 Å². The molecule has 0 aliphatic heterocycles. The maximum absolute atomic E-state index is 12.4. The predicted octanol–water partition coefficient (Wildman–Crippen LogP) is 2.27. The standard InChI is InChI=1S/C17H23NO5/c1-6-7-11-8-12(9-13(22-4)15(11)23-5)16(19)18-14(10(2)3)17(20)21/h6,8-10,14H,1,7H2,2-5H3,(H,18,19)(H,20,21). The molecule has 0 saturated carbocycles. The maximum Gasteiger partial charge on any atom is 0.326 e. The quantitative estimate of drug-likeness (QED) is 0.718. The van der Waals surface area contributed by atoms with Crippen molar-refractivity contribution in [1.29, 1.82) is 0 Å². The molecule has 6 heteroatoms. The highest BCUT2D eigenvalue weighted by Crippen LogP contribution is 2.33. The Morgan fingerprint density at radius 3 is 2.39 bits per heavy atom. The van der Waals surface area contributed by atoms with Gasteiger partial charge in [-0.3, -0.25) is 4.79 Å². The summed E-state index contributed by atoms with van der Waals surface area (Å²) in [6, 6.07) is 2.22. The summed E-state index contributed by atoms with van der Waals surface area (Å²) in [5, 5.41) is 11.7. The number of hydrogen-bond donors (Lipinski definition) is 2. The number of carboxylic acid groups (broad SMARTS) is 1. The van der Waals surface area contributed by atoms with Gasteiger partial charge in [-0.1, -0.05) is 19.9 Å². The number of nitrogens with one attached hydrogen (secondary N) is 1. The zero-order valence-corrected chi connectivity index (χ0v) is 13.9. The molecule has 0 heterocycles. The lowest BCUT2D eigenvalue weighted by Gasteiger charge is -2.19. The lowest BCUT2D eigenvalue weighted by molar-refractivity contribution is -0.140. The lowest BCUT2D eigenvalue weighted by Crippen LogP contribution is -2.44. The minimum Gasteiger partial charge on any atom is -0.493 e. The summed E-state index contributed by atoms with van der Waals surface area (Å²) < 4.78 is 10.6. The smallest absolute Gasteiger partial charge is 0.326 e. The molecule has 1 atom stereocenters. The largest absolute Gasteiger partial charge is 0.493 e. The van der Waals surface area contributed by atoms with Crippen molar-refractivity contribution in [3.63, 3.8) is 0 Å². The molecule has 0 aromatic heterocycles. The molecule has 1 unspecified atom stereocenters. The van der Waals surface area contributed by atoms with Crippen molar-refractivity contribution >= 4 is 11.9 Å². The number of hydrogen-bond acceptors (Lipinski definition) is 4. The van der Waals surface area contributed by atoms with Crippen molar-refractivity contribution in [2.75, 3.05) is 14.2 Å². The fraction of sp³-hybridized carbons (Fsp3) is 0.412. The van der Waals surface area contributed by atoms with Crippen LogP contribution < -0.4 is 14.8 Å². The van der Waals surface area contributed by atoms with E-state index in [1.54, 1.807) is 26.0 Å². The van der Waals surface area contributed by atoms with E-state index in [1.807, 2.05) is 0 Å². The van der Waals surface area contributed by atoms with Gasteiger partial charge in [-0.05, 0) is 24.5 Å². The third kappa shape index (κ3) is 4.48. The second kappa shape index (κ2) is 8.22. The summed E-state index contributed by atoms with van der Waals surface area (Å²) >= 11 is 0. The van der Waals surface area contributed by atoms with Crippen LogP contribution in [0.1, 0.15) is 29.8 Å². The minimum atomic E-state index is -1.07.